The van der Waals surface area contributed by atoms with Crippen LogP contribution in [0.1, 0.15) is 6.92 Å². The molecule has 0 fully saturated rings. The van der Waals surface area contributed by atoms with Gasteiger partial charge in [-0.3, -0.25) is 0 Å². The lowest BCUT2D eigenvalue weighted by atomic mass is 10.3. The minimum atomic E-state index is 0.0440. The van der Waals surface area contributed by atoms with Crippen LogP contribution in [-0.4, -0.2) is 11.7 Å². The summed E-state index contributed by atoms with van der Waals surface area (Å²) in [4.78, 5) is 0. The van der Waals surface area contributed by atoms with E-state index in [2.05, 4.69) is 0 Å². The zero-order valence-corrected chi connectivity index (χ0v) is 3.81. The molecule has 2 radical (unpaired) electrons. The smallest absolute Gasteiger partial charge is 0.0615 e. The van der Waals surface area contributed by atoms with Gasteiger partial charge in [0.05, 0.1) is 6.61 Å². The molecule has 0 rings (SSSR count). The number of hydrogen-bond donors (Lipinski definition) is 1. The molecule has 0 heterocycles. The Kier molecular flexibility index (Phi) is 2.77. The molecule has 0 amide bonds. The van der Waals surface area contributed by atoms with E-state index in [0.717, 1.165) is 0 Å². The van der Waals surface area contributed by atoms with Gasteiger partial charge in [0.1, 0.15) is 0 Å². The minimum absolute atomic E-state index is 0.0440. The maximum absolute atomic E-state index is 8.08. The Balaban J connectivity index is 3.14. The van der Waals surface area contributed by atoms with E-state index < -0.39 is 0 Å². The van der Waals surface area contributed by atoms with Crippen LogP contribution in [0.3, 0.4) is 0 Å². The van der Waals surface area contributed by atoms with Gasteiger partial charge in [0.25, 0.3) is 0 Å². The molecule has 0 atom stereocenters. The summed E-state index contributed by atoms with van der Waals surface area (Å²) in [6.07, 6.45) is 1.54. The number of allylic oxidation sites excluding steroid dienone is 1. The molecule has 0 aromatic heterocycles. The van der Waals surface area contributed by atoms with Gasteiger partial charge in [-0.2, -0.15) is 0 Å². The first kappa shape index (κ1) is 5.70. The van der Waals surface area contributed by atoms with Gasteiger partial charge in [-0.05, 0) is 13.8 Å². The van der Waals surface area contributed by atoms with Gasteiger partial charge in [0.15, 0.2) is 0 Å². The number of aliphatic hydroxyl groups excluding tert-OH is 1. The fraction of sp³-hybridized carbons (Fsp3) is 0.400. The molecule has 1 heteroatoms. The fourth-order valence-corrected chi connectivity index (χ4v) is 0.144. The second kappa shape index (κ2) is 2.91. The first-order valence-electron chi connectivity index (χ1n) is 1.80. The van der Waals surface area contributed by atoms with Crippen LogP contribution >= 0.6 is 0 Å². The fourth-order valence-electron chi connectivity index (χ4n) is 0.144. The molecule has 0 saturated heterocycles. The highest BCUT2D eigenvalue weighted by molar-refractivity contribution is 5.00. The summed E-state index contributed by atoms with van der Waals surface area (Å²) in [6, 6.07) is 0. The lowest BCUT2D eigenvalue weighted by molar-refractivity contribution is 0.342. The van der Waals surface area contributed by atoms with Crippen molar-refractivity contribution in [3.63, 3.8) is 0 Å². The van der Waals surface area contributed by atoms with Crippen LogP contribution < -0.4 is 0 Å². The molecule has 0 aliphatic carbocycles. The van der Waals surface area contributed by atoms with E-state index in [1.807, 2.05) is 0 Å². The van der Waals surface area contributed by atoms with Crippen molar-refractivity contribution >= 4 is 0 Å². The topological polar surface area (TPSA) is 20.2 Å². The van der Waals surface area contributed by atoms with E-state index in [4.69, 9.17) is 12.0 Å². The van der Waals surface area contributed by atoms with Crippen molar-refractivity contribution < 1.29 is 5.11 Å². The Morgan fingerprint density at radius 2 is 2.50 bits per heavy atom. The molecule has 0 spiro atoms. The third-order valence-electron chi connectivity index (χ3n) is 0.413. The van der Waals surface area contributed by atoms with Crippen molar-refractivity contribution in [3.8, 4) is 0 Å². The lowest BCUT2D eigenvalue weighted by Crippen LogP contribution is -1.72. The summed E-state index contributed by atoms with van der Waals surface area (Å²) in [5.41, 5.74) is 0.664. The van der Waals surface area contributed by atoms with Crippen LogP contribution in [0.15, 0.2) is 11.6 Å². The van der Waals surface area contributed by atoms with E-state index in [1.165, 1.54) is 0 Å². The summed E-state index contributed by atoms with van der Waals surface area (Å²) in [7, 11) is 0. The summed E-state index contributed by atoms with van der Waals surface area (Å²) in [5, 5.41) is 8.08. The van der Waals surface area contributed by atoms with Crippen LogP contribution in [0.2, 0.25) is 0 Å². The molecule has 0 aromatic carbocycles. The number of aliphatic hydroxyl groups is 1. The van der Waals surface area contributed by atoms with E-state index in [-0.39, 0.29) is 6.61 Å². The van der Waals surface area contributed by atoms with Gasteiger partial charge in [-0.1, -0.05) is 11.6 Å². The summed E-state index contributed by atoms with van der Waals surface area (Å²) in [6.45, 7) is 6.88. The molecule has 34 valence electrons. The molecule has 0 aliphatic rings. The predicted molar refractivity (Wildman–Crippen MR) is 25.1 cm³/mol. The highest BCUT2D eigenvalue weighted by atomic mass is 16.2. The molecule has 0 aromatic rings. The highest BCUT2D eigenvalue weighted by Gasteiger charge is 1.68. The number of rotatable bonds is 1. The predicted octanol–water partition coefficient (Wildman–Crippen LogP) is 0.636. The second-order valence-corrected chi connectivity index (χ2v) is 1.13. The maximum Gasteiger partial charge on any atom is 0.0615 e. The van der Waals surface area contributed by atoms with E-state index in [9.17, 15) is 0 Å². The third-order valence-corrected chi connectivity index (χ3v) is 0.413. The largest absolute Gasteiger partial charge is 0.392 e. The van der Waals surface area contributed by atoms with Crippen molar-refractivity contribution in [2.24, 2.45) is 0 Å². The van der Waals surface area contributed by atoms with Gasteiger partial charge >= 0.3 is 0 Å². The molecule has 0 unspecified atom stereocenters. The highest BCUT2D eigenvalue weighted by Crippen LogP contribution is 1.82. The van der Waals surface area contributed by atoms with Gasteiger partial charge in [-0.25, -0.2) is 0 Å². The SMILES string of the molecule is [CH]/C(C)=C/CO. The average molecular weight is 84.1 g/mol. The molecule has 0 bridgehead atoms. The van der Waals surface area contributed by atoms with Crippen molar-refractivity contribution in [1.29, 1.82) is 0 Å². The minimum Gasteiger partial charge on any atom is -0.392 e. The molecule has 1 N–H and O–H groups in total. The Bertz CT molecular complexity index is 51.0. The average Bonchev–Trinajstić information content (AvgIpc) is 1.35. The van der Waals surface area contributed by atoms with E-state index in [0.29, 0.717) is 5.57 Å². The van der Waals surface area contributed by atoms with Gasteiger partial charge in [-0.15, -0.1) is 0 Å². The quantitative estimate of drug-likeness (QED) is 0.494. The monoisotopic (exact) mass is 84.1 g/mol. The van der Waals surface area contributed by atoms with E-state index in [1.54, 1.807) is 13.0 Å². The van der Waals surface area contributed by atoms with Crippen LogP contribution in [0.4, 0.5) is 0 Å². The summed E-state index contributed by atoms with van der Waals surface area (Å²) in [5.74, 6) is 0. The van der Waals surface area contributed by atoms with Gasteiger partial charge in [0.2, 0.25) is 0 Å². The summed E-state index contributed by atoms with van der Waals surface area (Å²) >= 11 is 0. The Labute approximate surface area is 38.3 Å². The maximum atomic E-state index is 8.08. The molecular weight excluding hydrogens is 76.1 g/mol. The van der Waals surface area contributed by atoms with Gasteiger partial charge < -0.3 is 5.11 Å². The zero-order chi connectivity index (χ0) is 4.99. The first-order chi connectivity index (χ1) is 2.77. The van der Waals surface area contributed by atoms with Crippen LogP contribution in [-0.2, 0) is 0 Å². The Morgan fingerprint density at radius 1 is 2.00 bits per heavy atom. The Morgan fingerprint density at radius 3 is 2.50 bits per heavy atom. The van der Waals surface area contributed by atoms with Crippen LogP contribution in [0, 0.1) is 6.92 Å². The normalized spacial score (nSPS) is 12.2. The molecule has 6 heavy (non-hydrogen) atoms. The van der Waals surface area contributed by atoms with Crippen LogP contribution in [0.25, 0.3) is 0 Å². The zero-order valence-electron chi connectivity index (χ0n) is 3.81. The number of hydrogen-bond acceptors (Lipinski definition) is 1. The van der Waals surface area contributed by atoms with Crippen LogP contribution in [0.5, 0.6) is 0 Å². The lowest BCUT2D eigenvalue weighted by Gasteiger charge is -1.79. The van der Waals surface area contributed by atoms with E-state index >= 15 is 0 Å². The summed E-state index contributed by atoms with van der Waals surface area (Å²) < 4.78 is 0. The second-order valence-electron chi connectivity index (χ2n) is 1.13. The molecular formula is C5H8O. The Hall–Kier alpha value is -0.300. The standard InChI is InChI=1S/C5H8O/c1-5(2)3-4-6/h1,3,6H,4H2,2H3/b5-3-. The van der Waals surface area contributed by atoms with Crippen molar-refractivity contribution in [3.05, 3.63) is 18.6 Å². The first-order valence-corrected chi connectivity index (χ1v) is 1.80. The molecule has 1 nitrogen and oxygen atoms in total. The van der Waals surface area contributed by atoms with Crippen molar-refractivity contribution in [1.82, 2.24) is 0 Å². The third kappa shape index (κ3) is 3.70. The molecule has 0 saturated carbocycles. The van der Waals surface area contributed by atoms with Crippen molar-refractivity contribution in [2.75, 3.05) is 6.61 Å². The molecule has 0 aliphatic heterocycles. The van der Waals surface area contributed by atoms with Gasteiger partial charge in [0, 0.05) is 0 Å². The van der Waals surface area contributed by atoms with Crippen molar-refractivity contribution in [2.45, 2.75) is 6.92 Å².